The smallest absolute Gasteiger partial charge is 0.261 e. The molecule has 0 aliphatic heterocycles. The van der Waals surface area contributed by atoms with Gasteiger partial charge in [0.05, 0.1) is 6.20 Å². The molecule has 3 heterocycles. The lowest BCUT2D eigenvalue weighted by atomic mass is 10.2. The average molecular weight is 465 g/mol. The van der Waals surface area contributed by atoms with E-state index in [1.165, 1.54) is 6.20 Å². The summed E-state index contributed by atoms with van der Waals surface area (Å²) in [5, 5.41) is 9.77. The minimum Gasteiger partial charge on any atom is -0.322 e. The number of aromatic nitrogens is 4. The van der Waals surface area contributed by atoms with Crippen molar-refractivity contribution < 1.29 is 9.59 Å². The van der Waals surface area contributed by atoms with Crippen LogP contribution in [0, 0.1) is 13.8 Å². The third-order valence-corrected chi connectivity index (χ3v) is 4.84. The first kappa shape index (κ1) is 19.7. The maximum absolute atomic E-state index is 12.8. The van der Waals surface area contributed by atoms with E-state index < -0.39 is 0 Å². The average Bonchev–Trinajstić information content (AvgIpc) is 3.14. The van der Waals surface area contributed by atoms with E-state index in [0.717, 1.165) is 15.9 Å². The number of carbonyl (C=O) groups is 2. The lowest BCUT2D eigenvalue weighted by Crippen LogP contribution is -2.15. The normalized spacial score (nSPS) is 10.8. The van der Waals surface area contributed by atoms with Crippen molar-refractivity contribution in [2.24, 2.45) is 0 Å². The maximum Gasteiger partial charge on any atom is 0.261 e. The standard InChI is InChI=1S/C21H17BrN6O2/c1-12-8-13(2)28-19(25-12)17(11-24-28)21(30)26-16-5-3-4-14(9-16)20(29)27-18-7-6-15(22)10-23-18/h3-11H,1-2H3,(H,26,30)(H,23,27,29). The van der Waals surface area contributed by atoms with Gasteiger partial charge in [0.1, 0.15) is 11.4 Å². The number of pyridine rings is 1. The van der Waals surface area contributed by atoms with Gasteiger partial charge in [-0.25, -0.2) is 14.5 Å². The van der Waals surface area contributed by atoms with Crippen molar-refractivity contribution in [1.29, 1.82) is 0 Å². The Balaban J connectivity index is 1.54. The van der Waals surface area contributed by atoms with Crippen LogP contribution in [0.1, 0.15) is 32.1 Å². The zero-order chi connectivity index (χ0) is 21.3. The van der Waals surface area contributed by atoms with Crippen molar-refractivity contribution in [2.45, 2.75) is 13.8 Å². The van der Waals surface area contributed by atoms with E-state index in [1.54, 1.807) is 47.1 Å². The number of fused-ring (bicyclic) bond motifs is 1. The summed E-state index contributed by atoms with van der Waals surface area (Å²) in [6.07, 6.45) is 3.08. The molecule has 0 aliphatic carbocycles. The number of benzene rings is 1. The first-order valence-corrected chi connectivity index (χ1v) is 9.86. The summed E-state index contributed by atoms with van der Waals surface area (Å²) in [5.74, 6) is -0.250. The molecule has 150 valence electrons. The fourth-order valence-electron chi connectivity index (χ4n) is 3.01. The number of nitrogens with one attached hydrogen (secondary N) is 2. The predicted molar refractivity (Wildman–Crippen MR) is 117 cm³/mol. The van der Waals surface area contributed by atoms with Gasteiger partial charge in [0.15, 0.2) is 5.65 Å². The summed E-state index contributed by atoms with van der Waals surface area (Å²) < 4.78 is 2.44. The number of aryl methyl sites for hydroxylation is 2. The Hall–Kier alpha value is -3.59. The second-order valence-corrected chi connectivity index (χ2v) is 7.60. The third-order valence-electron chi connectivity index (χ3n) is 4.37. The molecule has 0 aliphatic rings. The van der Waals surface area contributed by atoms with Gasteiger partial charge < -0.3 is 10.6 Å². The van der Waals surface area contributed by atoms with Gasteiger partial charge in [0, 0.05) is 33.3 Å². The fourth-order valence-corrected chi connectivity index (χ4v) is 3.24. The number of rotatable bonds is 4. The van der Waals surface area contributed by atoms with Crippen molar-refractivity contribution in [3.05, 3.63) is 81.8 Å². The molecule has 2 amide bonds. The molecule has 1 aromatic carbocycles. The number of amides is 2. The van der Waals surface area contributed by atoms with E-state index in [0.29, 0.717) is 28.3 Å². The summed E-state index contributed by atoms with van der Waals surface area (Å²) in [6, 6.07) is 12.0. The lowest BCUT2D eigenvalue weighted by Gasteiger charge is -2.08. The molecule has 0 unspecified atom stereocenters. The van der Waals surface area contributed by atoms with Gasteiger partial charge in [-0.3, -0.25) is 9.59 Å². The Labute approximate surface area is 180 Å². The molecule has 0 saturated carbocycles. The fraction of sp³-hybridized carbons (Fsp3) is 0.0952. The van der Waals surface area contributed by atoms with Crippen LogP contribution in [0.15, 0.2) is 59.3 Å². The molecule has 4 aromatic rings. The van der Waals surface area contributed by atoms with Gasteiger partial charge in [-0.1, -0.05) is 6.07 Å². The highest BCUT2D eigenvalue weighted by Crippen LogP contribution is 2.17. The van der Waals surface area contributed by atoms with Crippen LogP contribution in [0.2, 0.25) is 0 Å². The highest BCUT2D eigenvalue weighted by atomic mass is 79.9. The third kappa shape index (κ3) is 4.06. The van der Waals surface area contributed by atoms with Crippen molar-refractivity contribution >= 4 is 44.9 Å². The summed E-state index contributed by atoms with van der Waals surface area (Å²) in [5.41, 5.74) is 3.41. The number of anilines is 2. The highest BCUT2D eigenvalue weighted by Gasteiger charge is 2.16. The number of halogens is 1. The SMILES string of the molecule is Cc1cc(C)n2ncc(C(=O)Nc3cccc(C(=O)Nc4ccc(Br)cn4)c3)c2n1. The van der Waals surface area contributed by atoms with Gasteiger partial charge in [-0.05, 0) is 66.2 Å². The molecule has 2 N–H and O–H groups in total. The van der Waals surface area contributed by atoms with Crippen LogP contribution in [-0.2, 0) is 0 Å². The molecule has 3 aromatic heterocycles. The van der Waals surface area contributed by atoms with E-state index in [2.05, 4.69) is 41.6 Å². The van der Waals surface area contributed by atoms with E-state index in [9.17, 15) is 9.59 Å². The van der Waals surface area contributed by atoms with Crippen LogP contribution >= 0.6 is 15.9 Å². The van der Waals surface area contributed by atoms with Crippen molar-refractivity contribution in [2.75, 3.05) is 10.6 Å². The van der Waals surface area contributed by atoms with Crippen LogP contribution in [0.4, 0.5) is 11.5 Å². The second-order valence-electron chi connectivity index (χ2n) is 6.68. The molecule has 0 spiro atoms. The van der Waals surface area contributed by atoms with Crippen molar-refractivity contribution in [3.63, 3.8) is 0 Å². The van der Waals surface area contributed by atoms with Gasteiger partial charge in [0.25, 0.3) is 11.8 Å². The van der Waals surface area contributed by atoms with E-state index in [4.69, 9.17) is 0 Å². The van der Waals surface area contributed by atoms with Crippen molar-refractivity contribution in [1.82, 2.24) is 19.6 Å². The summed E-state index contributed by atoms with van der Waals surface area (Å²) >= 11 is 3.30. The summed E-state index contributed by atoms with van der Waals surface area (Å²) in [6.45, 7) is 3.77. The minimum absolute atomic E-state index is 0.329. The van der Waals surface area contributed by atoms with Gasteiger partial charge in [-0.2, -0.15) is 5.10 Å². The van der Waals surface area contributed by atoms with Crippen molar-refractivity contribution in [3.8, 4) is 0 Å². The molecular formula is C21H17BrN6O2. The van der Waals surface area contributed by atoms with Crippen LogP contribution < -0.4 is 10.6 Å². The van der Waals surface area contributed by atoms with Gasteiger partial charge >= 0.3 is 0 Å². The van der Waals surface area contributed by atoms with E-state index in [1.807, 2.05) is 19.9 Å². The molecule has 0 bridgehead atoms. The Morgan fingerprint density at radius 3 is 2.60 bits per heavy atom. The molecule has 8 nitrogen and oxygen atoms in total. The molecule has 30 heavy (non-hydrogen) atoms. The zero-order valence-electron chi connectivity index (χ0n) is 16.2. The topological polar surface area (TPSA) is 101 Å². The van der Waals surface area contributed by atoms with Crippen LogP contribution in [0.5, 0.6) is 0 Å². The van der Waals surface area contributed by atoms with Crippen LogP contribution in [-0.4, -0.2) is 31.4 Å². The predicted octanol–water partition coefficient (Wildman–Crippen LogP) is 4.01. The number of hydrogen-bond acceptors (Lipinski definition) is 5. The summed E-state index contributed by atoms with van der Waals surface area (Å²) in [7, 11) is 0. The Morgan fingerprint density at radius 2 is 1.83 bits per heavy atom. The molecule has 4 rings (SSSR count). The minimum atomic E-state index is -0.352. The van der Waals surface area contributed by atoms with Crippen LogP contribution in [0.25, 0.3) is 5.65 Å². The summed E-state index contributed by atoms with van der Waals surface area (Å²) in [4.78, 5) is 33.9. The molecular weight excluding hydrogens is 448 g/mol. The quantitative estimate of drug-likeness (QED) is 0.475. The zero-order valence-corrected chi connectivity index (χ0v) is 17.8. The van der Waals surface area contributed by atoms with Gasteiger partial charge in [-0.15, -0.1) is 0 Å². The lowest BCUT2D eigenvalue weighted by molar-refractivity contribution is 0.101. The first-order chi connectivity index (χ1) is 14.4. The molecule has 0 radical (unpaired) electrons. The number of hydrogen-bond donors (Lipinski definition) is 2. The van der Waals surface area contributed by atoms with E-state index in [-0.39, 0.29) is 11.8 Å². The number of nitrogens with zero attached hydrogens (tertiary/aromatic N) is 4. The first-order valence-electron chi connectivity index (χ1n) is 9.07. The Bertz CT molecular complexity index is 1270. The molecule has 0 atom stereocenters. The monoisotopic (exact) mass is 464 g/mol. The number of carbonyl (C=O) groups excluding carboxylic acids is 2. The molecule has 0 fully saturated rings. The Kier molecular flexibility index (Phi) is 5.28. The van der Waals surface area contributed by atoms with Crippen LogP contribution in [0.3, 0.4) is 0 Å². The largest absolute Gasteiger partial charge is 0.322 e. The van der Waals surface area contributed by atoms with Gasteiger partial charge in [0.2, 0.25) is 0 Å². The maximum atomic E-state index is 12.8. The second kappa shape index (κ2) is 8.03. The Morgan fingerprint density at radius 1 is 1.00 bits per heavy atom. The molecule has 0 saturated heterocycles. The molecule has 9 heteroatoms. The van der Waals surface area contributed by atoms with E-state index >= 15 is 0 Å². The highest BCUT2D eigenvalue weighted by molar-refractivity contribution is 9.10.